The summed E-state index contributed by atoms with van der Waals surface area (Å²) in [5.74, 6) is 0.348. The highest BCUT2D eigenvalue weighted by atomic mass is 16.1. The molecule has 0 saturated heterocycles. The van der Waals surface area contributed by atoms with Gasteiger partial charge in [0.2, 0.25) is 0 Å². The number of rotatable bonds is 0. The highest BCUT2D eigenvalue weighted by Gasteiger charge is 2.00. The quantitative estimate of drug-likeness (QED) is 0.544. The third kappa shape index (κ3) is 4.27. The van der Waals surface area contributed by atoms with E-state index in [9.17, 15) is 4.79 Å². The van der Waals surface area contributed by atoms with E-state index in [4.69, 9.17) is 0 Å². The van der Waals surface area contributed by atoms with Gasteiger partial charge in [-0.15, -0.1) is 0 Å². The van der Waals surface area contributed by atoms with Crippen LogP contribution in [0.2, 0.25) is 0 Å². The van der Waals surface area contributed by atoms with Gasteiger partial charge in [0.1, 0.15) is 5.78 Å². The zero-order valence-electron chi connectivity index (χ0n) is 7.59. The molecule has 12 heavy (non-hydrogen) atoms. The Balaban J connectivity index is 2.28. The zero-order chi connectivity index (χ0) is 8.65. The summed E-state index contributed by atoms with van der Waals surface area (Å²) in [7, 11) is 0. The fraction of sp³-hybridized carbons (Fsp3) is 0.800. The van der Waals surface area contributed by atoms with Crippen LogP contribution in [0.25, 0.3) is 0 Å². The van der Waals surface area contributed by atoms with Crippen molar-refractivity contribution in [3.8, 4) is 0 Å². The van der Waals surface area contributed by atoms with Crippen LogP contribution in [0.4, 0.5) is 0 Å². The van der Waals surface area contributed by atoms with Crippen LogP contribution < -0.4 is 0 Å². The van der Waals surface area contributed by atoms with Crippen molar-refractivity contribution < 1.29 is 4.79 Å². The van der Waals surface area contributed by atoms with Crippen molar-refractivity contribution in [2.75, 3.05) is 6.54 Å². The molecule has 0 radical (unpaired) electrons. The van der Waals surface area contributed by atoms with Crippen molar-refractivity contribution in [3.05, 3.63) is 0 Å². The average Bonchev–Trinajstić information content (AvgIpc) is 2.11. The van der Waals surface area contributed by atoms with E-state index in [1.165, 1.54) is 25.7 Å². The first-order valence-corrected chi connectivity index (χ1v) is 4.89. The number of carbonyl (C=O) groups is 1. The smallest absolute Gasteiger partial charge is 0.138 e. The predicted molar refractivity (Wildman–Crippen MR) is 50.7 cm³/mol. The minimum Gasteiger partial charge on any atom is -0.299 e. The highest BCUT2D eigenvalue weighted by molar-refractivity contribution is 5.91. The summed E-state index contributed by atoms with van der Waals surface area (Å²) in [5.41, 5.74) is 0. The van der Waals surface area contributed by atoms with Gasteiger partial charge in [-0.2, -0.15) is 0 Å². The van der Waals surface area contributed by atoms with Crippen LogP contribution in [0.3, 0.4) is 0 Å². The van der Waals surface area contributed by atoms with Crippen LogP contribution in [0.15, 0.2) is 4.99 Å². The summed E-state index contributed by atoms with van der Waals surface area (Å²) in [5, 5.41) is 0. The fourth-order valence-electron chi connectivity index (χ4n) is 1.42. The first kappa shape index (κ1) is 9.43. The van der Waals surface area contributed by atoms with E-state index in [0.29, 0.717) is 12.2 Å². The molecule has 2 heteroatoms. The van der Waals surface area contributed by atoms with Gasteiger partial charge in [0.25, 0.3) is 0 Å². The molecule has 0 spiro atoms. The van der Waals surface area contributed by atoms with Crippen molar-refractivity contribution in [1.29, 1.82) is 0 Å². The summed E-state index contributed by atoms with van der Waals surface area (Å²) >= 11 is 0. The Morgan fingerprint density at radius 2 is 1.83 bits per heavy atom. The number of nitrogens with zero attached hydrogens (tertiary/aromatic N) is 1. The minimum absolute atomic E-state index is 0.348. The number of hydrogen-bond donors (Lipinski definition) is 0. The van der Waals surface area contributed by atoms with E-state index in [-0.39, 0.29) is 0 Å². The van der Waals surface area contributed by atoms with Crippen molar-refractivity contribution in [1.82, 2.24) is 0 Å². The predicted octanol–water partition coefficient (Wildman–Crippen LogP) is 2.37. The maximum absolute atomic E-state index is 11.1. The lowest BCUT2D eigenvalue weighted by Gasteiger charge is -1.97. The molecule has 68 valence electrons. The molecule has 0 saturated carbocycles. The van der Waals surface area contributed by atoms with E-state index < -0.39 is 0 Å². The van der Waals surface area contributed by atoms with Crippen molar-refractivity contribution >= 4 is 12.0 Å². The molecule has 1 aliphatic rings. The van der Waals surface area contributed by atoms with Gasteiger partial charge < -0.3 is 0 Å². The molecule has 2 nitrogen and oxygen atoms in total. The molecule has 0 aromatic carbocycles. The fourth-order valence-corrected chi connectivity index (χ4v) is 1.42. The molecule has 0 aromatic rings. The largest absolute Gasteiger partial charge is 0.299 e. The number of Topliss-reactive ketones (excluding diaryl/α,β-unsaturated/α-hetero) is 1. The van der Waals surface area contributed by atoms with E-state index in [1.807, 2.05) is 0 Å². The Kier molecular flexibility index (Phi) is 4.65. The summed E-state index contributed by atoms with van der Waals surface area (Å²) in [6, 6.07) is 0. The molecule has 0 bridgehead atoms. The summed E-state index contributed by atoms with van der Waals surface area (Å²) in [6.07, 6.45) is 9.11. The summed E-state index contributed by atoms with van der Waals surface area (Å²) in [6.45, 7) is 0.910. The number of ketones is 1. The Hall–Kier alpha value is -0.660. The minimum atomic E-state index is 0.348. The lowest BCUT2D eigenvalue weighted by molar-refractivity contribution is -0.117. The third-order valence-corrected chi connectivity index (χ3v) is 2.19. The van der Waals surface area contributed by atoms with Crippen molar-refractivity contribution in [2.45, 2.75) is 44.9 Å². The molecular weight excluding hydrogens is 150 g/mol. The number of hydrogen-bond acceptors (Lipinski definition) is 2. The van der Waals surface area contributed by atoms with E-state index in [0.717, 1.165) is 19.4 Å². The molecule has 0 amide bonds. The molecule has 1 aliphatic heterocycles. The van der Waals surface area contributed by atoms with E-state index in [1.54, 1.807) is 6.21 Å². The van der Waals surface area contributed by atoms with Gasteiger partial charge in [0.15, 0.2) is 0 Å². The third-order valence-electron chi connectivity index (χ3n) is 2.19. The lowest BCUT2D eigenvalue weighted by atomic mass is 10.1. The van der Waals surface area contributed by atoms with Crippen LogP contribution in [-0.4, -0.2) is 18.5 Å². The second kappa shape index (κ2) is 5.92. The lowest BCUT2D eigenvalue weighted by Crippen LogP contribution is -1.97. The summed E-state index contributed by atoms with van der Waals surface area (Å²) < 4.78 is 0. The van der Waals surface area contributed by atoms with Crippen molar-refractivity contribution in [3.63, 3.8) is 0 Å². The molecule has 0 unspecified atom stereocenters. The monoisotopic (exact) mass is 167 g/mol. The Labute approximate surface area is 74.1 Å². The standard InChI is InChI=1S/C10H17NO/c12-10-6-4-2-1-3-5-8-11-9-7-10/h9H,1-8H2. The van der Waals surface area contributed by atoms with Crippen LogP contribution in [0.5, 0.6) is 0 Å². The number of aliphatic imine (C=N–C) groups is 1. The molecule has 0 aliphatic carbocycles. The Morgan fingerprint density at radius 3 is 2.75 bits per heavy atom. The number of carbonyl (C=O) groups excluding carboxylic acids is 1. The average molecular weight is 167 g/mol. The molecule has 1 rings (SSSR count). The molecule has 0 atom stereocenters. The van der Waals surface area contributed by atoms with Gasteiger partial charge in [-0.3, -0.25) is 9.79 Å². The van der Waals surface area contributed by atoms with E-state index >= 15 is 0 Å². The van der Waals surface area contributed by atoms with E-state index in [2.05, 4.69) is 4.99 Å². The van der Waals surface area contributed by atoms with Gasteiger partial charge >= 0.3 is 0 Å². The van der Waals surface area contributed by atoms with Crippen LogP contribution >= 0.6 is 0 Å². The zero-order valence-corrected chi connectivity index (χ0v) is 7.59. The first-order valence-electron chi connectivity index (χ1n) is 4.89. The molecule has 0 fully saturated rings. The normalized spacial score (nSPS) is 21.8. The molecule has 0 aromatic heterocycles. The molecule has 1 heterocycles. The van der Waals surface area contributed by atoms with Crippen LogP contribution in [0, 0.1) is 0 Å². The van der Waals surface area contributed by atoms with Gasteiger partial charge in [0, 0.05) is 25.6 Å². The topological polar surface area (TPSA) is 29.4 Å². The SMILES string of the molecule is O=C1CC=NCCCCCCC1. The highest BCUT2D eigenvalue weighted by Crippen LogP contribution is 2.07. The Bertz CT molecular complexity index is 163. The van der Waals surface area contributed by atoms with Crippen molar-refractivity contribution in [2.24, 2.45) is 4.99 Å². The first-order chi connectivity index (χ1) is 5.89. The molecular formula is C10H17NO. The maximum Gasteiger partial charge on any atom is 0.138 e. The van der Waals surface area contributed by atoms with Crippen LogP contribution in [-0.2, 0) is 4.79 Å². The second-order valence-electron chi connectivity index (χ2n) is 3.35. The van der Waals surface area contributed by atoms with Gasteiger partial charge in [-0.1, -0.05) is 19.3 Å². The summed E-state index contributed by atoms with van der Waals surface area (Å²) in [4.78, 5) is 15.3. The van der Waals surface area contributed by atoms with Gasteiger partial charge in [-0.25, -0.2) is 0 Å². The maximum atomic E-state index is 11.1. The molecule has 0 N–H and O–H groups in total. The Morgan fingerprint density at radius 1 is 1.08 bits per heavy atom. The second-order valence-corrected chi connectivity index (χ2v) is 3.35. The van der Waals surface area contributed by atoms with Crippen LogP contribution in [0.1, 0.15) is 44.9 Å². The van der Waals surface area contributed by atoms with Gasteiger partial charge in [0.05, 0.1) is 0 Å². The van der Waals surface area contributed by atoms with Gasteiger partial charge in [-0.05, 0) is 12.8 Å².